The number of imidazole rings is 1. The molecule has 4 aromatic rings. The number of halogens is 1. The van der Waals surface area contributed by atoms with Crippen LogP contribution in [-0.4, -0.2) is 39.3 Å². The predicted octanol–water partition coefficient (Wildman–Crippen LogP) is 3.51. The van der Waals surface area contributed by atoms with Crippen molar-refractivity contribution >= 4 is 11.5 Å². The number of hydrogen-bond acceptors (Lipinski definition) is 5. The minimum absolute atomic E-state index is 0.0826. The highest BCUT2D eigenvalue weighted by Gasteiger charge is 2.26. The van der Waals surface area contributed by atoms with Crippen LogP contribution in [0.4, 0.5) is 10.2 Å². The summed E-state index contributed by atoms with van der Waals surface area (Å²) < 4.78 is 21.0. The van der Waals surface area contributed by atoms with Gasteiger partial charge in [-0.2, -0.15) is 4.39 Å². The first-order valence-electron chi connectivity index (χ1n) is 9.17. The fourth-order valence-corrected chi connectivity index (χ4v) is 3.57. The van der Waals surface area contributed by atoms with Gasteiger partial charge < -0.3 is 9.64 Å². The number of benzene rings is 1. The molecule has 1 atom stereocenters. The molecule has 1 aliphatic rings. The summed E-state index contributed by atoms with van der Waals surface area (Å²) in [6.07, 6.45) is 1.67. The quantitative estimate of drug-likeness (QED) is 0.513. The second-order valence-corrected chi connectivity index (χ2v) is 6.65. The Balaban J connectivity index is 1.58. The number of fused-ring (bicyclic) bond motifs is 1. The number of hydrogen-bond donors (Lipinski definition) is 0. The van der Waals surface area contributed by atoms with Gasteiger partial charge in [-0.3, -0.25) is 0 Å². The smallest absolute Gasteiger partial charge is 0.213 e. The summed E-state index contributed by atoms with van der Waals surface area (Å²) in [4.78, 5) is 10.6. The highest BCUT2D eigenvalue weighted by atomic mass is 19.1. The first-order valence-corrected chi connectivity index (χ1v) is 9.17. The number of morpholine rings is 1. The summed E-state index contributed by atoms with van der Waals surface area (Å²) >= 11 is 0. The lowest BCUT2D eigenvalue weighted by Crippen LogP contribution is -2.40. The molecule has 7 heteroatoms. The van der Waals surface area contributed by atoms with Crippen molar-refractivity contribution in [3.63, 3.8) is 0 Å². The molecule has 1 unspecified atom stereocenters. The van der Waals surface area contributed by atoms with E-state index in [0.29, 0.717) is 30.2 Å². The molecule has 1 saturated heterocycles. The summed E-state index contributed by atoms with van der Waals surface area (Å²) in [6.45, 7) is 1.98. The number of pyridine rings is 1. The molecule has 3 aromatic heterocycles. The fourth-order valence-electron chi connectivity index (χ4n) is 3.57. The molecule has 6 nitrogen and oxygen atoms in total. The molecule has 140 valence electrons. The van der Waals surface area contributed by atoms with Crippen molar-refractivity contribution in [2.24, 2.45) is 0 Å². The van der Waals surface area contributed by atoms with Crippen molar-refractivity contribution in [3.05, 3.63) is 78.4 Å². The highest BCUT2D eigenvalue weighted by molar-refractivity contribution is 5.60. The summed E-state index contributed by atoms with van der Waals surface area (Å²) in [5, 5.41) is 4.80. The minimum atomic E-state index is -0.527. The Labute approximate surface area is 161 Å². The zero-order valence-electron chi connectivity index (χ0n) is 15.1. The summed E-state index contributed by atoms with van der Waals surface area (Å²) in [5.41, 5.74) is 3.02. The van der Waals surface area contributed by atoms with E-state index in [-0.39, 0.29) is 6.04 Å². The van der Waals surface area contributed by atoms with Crippen LogP contribution in [0.3, 0.4) is 0 Å². The van der Waals surface area contributed by atoms with Crippen LogP contribution in [0.5, 0.6) is 0 Å². The standard InChI is InChI=1S/C21H18FN5O/c22-19-8-4-7-16(24-19)17-13-23-20-9-10-21(25-27(17)20)26-11-12-28-14-18(26)15-5-2-1-3-6-15/h1-10,13,18H,11-12,14H2. The second-order valence-electron chi connectivity index (χ2n) is 6.65. The average molecular weight is 375 g/mol. The van der Waals surface area contributed by atoms with Crippen LogP contribution in [0.15, 0.2) is 66.9 Å². The molecule has 5 rings (SSSR count). The number of aromatic nitrogens is 4. The van der Waals surface area contributed by atoms with Crippen LogP contribution in [0, 0.1) is 5.95 Å². The van der Waals surface area contributed by atoms with Crippen LogP contribution in [-0.2, 0) is 4.74 Å². The maximum Gasteiger partial charge on any atom is 0.213 e. The van der Waals surface area contributed by atoms with E-state index in [1.165, 1.54) is 11.6 Å². The summed E-state index contributed by atoms with van der Waals surface area (Å²) in [5.74, 6) is 0.293. The highest BCUT2D eigenvalue weighted by Crippen LogP contribution is 2.29. The number of ether oxygens (including phenoxy) is 1. The molecule has 0 aliphatic carbocycles. The maximum absolute atomic E-state index is 13.6. The van der Waals surface area contributed by atoms with Gasteiger partial charge in [0, 0.05) is 6.54 Å². The Hall–Kier alpha value is -3.32. The topological polar surface area (TPSA) is 55.5 Å². The van der Waals surface area contributed by atoms with Gasteiger partial charge in [-0.15, -0.1) is 5.10 Å². The molecule has 0 amide bonds. The Kier molecular flexibility index (Phi) is 4.21. The Morgan fingerprint density at radius 1 is 1.00 bits per heavy atom. The van der Waals surface area contributed by atoms with Crippen LogP contribution >= 0.6 is 0 Å². The van der Waals surface area contributed by atoms with Crippen molar-refractivity contribution in [2.75, 3.05) is 24.7 Å². The van der Waals surface area contributed by atoms with E-state index in [9.17, 15) is 4.39 Å². The Morgan fingerprint density at radius 3 is 2.75 bits per heavy atom. The van der Waals surface area contributed by atoms with Gasteiger partial charge in [0.05, 0.1) is 31.1 Å². The van der Waals surface area contributed by atoms with Crippen molar-refractivity contribution in [1.82, 2.24) is 19.6 Å². The summed E-state index contributed by atoms with van der Waals surface area (Å²) in [6, 6.07) is 18.9. The molecule has 1 aromatic carbocycles. The van der Waals surface area contributed by atoms with Gasteiger partial charge in [-0.05, 0) is 29.8 Å². The van der Waals surface area contributed by atoms with Gasteiger partial charge >= 0.3 is 0 Å². The molecular formula is C21H18FN5O. The second kappa shape index (κ2) is 7.01. The van der Waals surface area contributed by atoms with Crippen molar-refractivity contribution in [3.8, 4) is 11.4 Å². The number of anilines is 1. The van der Waals surface area contributed by atoms with Crippen LogP contribution in [0.25, 0.3) is 17.0 Å². The molecule has 0 N–H and O–H groups in total. The first kappa shape index (κ1) is 16.8. The monoisotopic (exact) mass is 375 g/mol. The van der Waals surface area contributed by atoms with E-state index in [0.717, 1.165) is 12.4 Å². The number of rotatable bonds is 3. The van der Waals surface area contributed by atoms with Gasteiger partial charge in [-0.25, -0.2) is 14.5 Å². The van der Waals surface area contributed by atoms with Crippen molar-refractivity contribution in [2.45, 2.75) is 6.04 Å². The molecular weight excluding hydrogens is 357 g/mol. The van der Waals surface area contributed by atoms with E-state index in [2.05, 4.69) is 27.0 Å². The Morgan fingerprint density at radius 2 is 1.89 bits per heavy atom. The minimum Gasteiger partial charge on any atom is -0.377 e. The lowest BCUT2D eigenvalue weighted by atomic mass is 10.1. The SMILES string of the molecule is Fc1cccc(-c2cnc3ccc(N4CCOCC4c4ccccc4)nn23)n1. The normalized spacial score (nSPS) is 17.2. The third kappa shape index (κ3) is 2.99. The Bertz CT molecular complexity index is 1110. The van der Waals surface area contributed by atoms with Crippen LogP contribution < -0.4 is 4.90 Å². The molecule has 1 fully saturated rings. The molecule has 28 heavy (non-hydrogen) atoms. The zero-order chi connectivity index (χ0) is 18.9. The van der Waals surface area contributed by atoms with Gasteiger partial charge in [0.25, 0.3) is 0 Å². The predicted molar refractivity (Wildman–Crippen MR) is 104 cm³/mol. The van der Waals surface area contributed by atoms with Crippen LogP contribution in [0.2, 0.25) is 0 Å². The van der Waals surface area contributed by atoms with Gasteiger partial charge in [0.1, 0.15) is 11.5 Å². The third-order valence-corrected chi connectivity index (χ3v) is 4.93. The van der Waals surface area contributed by atoms with Gasteiger partial charge in [0.15, 0.2) is 5.65 Å². The van der Waals surface area contributed by atoms with Crippen molar-refractivity contribution in [1.29, 1.82) is 0 Å². The van der Waals surface area contributed by atoms with E-state index >= 15 is 0 Å². The third-order valence-electron chi connectivity index (χ3n) is 4.93. The lowest BCUT2D eigenvalue weighted by molar-refractivity contribution is 0.0936. The largest absolute Gasteiger partial charge is 0.377 e. The molecule has 0 radical (unpaired) electrons. The fraction of sp³-hybridized carbons (Fsp3) is 0.190. The van der Waals surface area contributed by atoms with Gasteiger partial charge in [0.2, 0.25) is 5.95 Å². The molecule has 4 heterocycles. The molecule has 0 bridgehead atoms. The van der Waals surface area contributed by atoms with E-state index < -0.39 is 5.95 Å². The van der Waals surface area contributed by atoms with Crippen LogP contribution in [0.1, 0.15) is 11.6 Å². The first-order chi connectivity index (χ1) is 13.8. The molecule has 0 spiro atoms. The lowest BCUT2D eigenvalue weighted by Gasteiger charge is -2.36. The average Bonchev–Trinajstić information content (AvgIpc) is 3.18. The van der Waals surface area contributed by atoms with Crippen molar-refractivity contribution < 1.29 is 9.13 Å². The molecule has 0 saturated carbocycles. The zero-order valence-corrected chi connectivity index (χ0v) is 15.1. The maximum atomic E-state index is 13.6. The van der Waals surface area contributed by atoms with E-state index in [4.69, 9.17) is 9.84 Å². The molecule has 1 aliphatic heterocycles. The van der Waals surface area contributed by atoms with E-state index in [1.807, 2.05) is 30.3 Å². The summed E-state index contributed by atoms with van der Waals surface area (Å²) in [7, 11) is 0. The van der Waals surface area contributed by atoms with Gasteiger partial charge in [-0.1, -0.05) is 36.4 Å². The number of nitrogens with zero attached hydrogens (tertiary/aromatic N) is 5. The van der Waals surface area contributed by atoms with E-state index in [1.54, 1.807) is 22.8 Å².